The number of amides is 1. The summed E-state index contributed by atoms with van der Waals surface area (Å²) < 4.78 is 75.0. The van der Waals surface area contributed by atoms with Crippen molar-refractivity contribution in [3.05, 3.63) is 29.3 Å². The van der Waals surface area contributed by atoms with Crippen molar-refractivity contribution in [2.45, 2.75) is 12.1 Å². The summed E-state index contributed by atoms with van der Waals surface area (Å²) in [6, 6.07) is 0.934. The maximum atomic E-state index is 13.5. The quantitative estimate of drug-likeness (QED) is 0.646. The Hall–Kier alpha value is -2.79. The van der Waals surface area contributed by atoms with E-state index < -0.39 is 51.9 Å². The minimum Gasteiger partial charge on any atom is -0.478 e. The third-order valence-electron chi connectivity index (χ3n) is 2.49. The maximum absolute atomic E-state index is 13.5. The van der Waals surface area contributed by atoms with Gasteiger partial charge in [-0.2, -0.15) is 22.0 Å². The van der Waals surface area contributed by atoms with Crippen molar-refractivity contribution in [3.8, 4) is 0 Å². The fourth-order valence-electron chi connectivity index (χ4n) is 1.38. The second-order valence-corrected chi connectivity index (χ2v) is 4.00. The van der Waals surface area contributed by atoms with E-state index in [2.05, 4.69) is 0 Å². The predicted molar refractivity (Wildman–Crippen MR) is 60.0 cm³/mol. The number of rotatable bonds is 4. The standard InChI is InChI=1S/C11H5F6NO5/c12-10(13,11(14,15)16)9(23)18(17)4-1-2-5(7(19)20)6(3-4)8(21)22/h1-3H,(H,19,20)(H,21,22). The Balaban J connectivity index is 3.32. The summed E-state index contributed by atoms with van der Waals surface area (Å²) in [7, 11) is 0. The molecule has 0 spiro atoms. The van der Waals surface area contributed by atoms with Crippen LogP contribution in [0, 0.1) is 0 Å². The van der Waals surface area contributed by atoms with Crippen molar-refractivity contribution in [3.63, 3.8) is 0 Å². The molecule has 0 aliphatic heterocycles. The van der Waals surface area contributed by atoms with E-state index in [-0.39, 0.29) is 6.07 Å². The number of hydrogen-bond acceptors (Lipinski definition) is 3. The summed E-state index contributed by atoms with van der Waals surface area (Å²) in [6.45, 7) is 0. The first-order valence-corrected chi connectivity index (χ1v) is 5.36. The molecular weight excluding hydrogens is 340 g/mol. The van der Waals surface area contributed by atoms with Crippen molar-refractivity contribution in [2.75, 3.05) is 5.12 Å². The first kappa shape index (κ1) is 18.3. The molecule has 0 fully saturated rings. The minimum atomic E-state index is -6.37. The first-order chi connectivity index (χ1) is 10.3. The van der Waals surface area contributed by atoms with Crippen molar-refractivity contribution in [1.29, 1.82) is 0 Å². The molecule has 1 amide bonds. The lowest BCUT2D eigenvalue weighted by Crippen LogP contribution is -2.50. The second-order valence-electron chi connectivity index (χ2n) is 4.00. The van der Waals surface area contributed by atoms with Crippen LogP contribution in [0.25, 0.3) is 0 Å². The third-order valence-corrected chi connectivity index (χ3v) is 2.49. The van der Waals surface area contributed by atoms with Gasteiger partial charge in [-0.1, -0.05) is 4.48 Å². The molecule has 0 saturated carbocycles. The fourth-order valence-corrected chi connectivity index (χ4v) is 1.38. The topological polar surface area (TPSA) is 94.9 Å². The molecular formula is C11H5F6NO5. The van der Waals surface area contributed by atoms with Crippen LogP contribution in [0.4, 0.5) is 32.1 Å². The lowest BCUT2D eigenvalue weighted by Gasteiger charge is -2.21. The molecule has 2 N–H and O–H groups in total. The van der Waals surface area contributed by atoms with E-state index in [0.29, 0.717) is 12.1 Å². The Bertz CT molecular complexity index is 671. The van der Waals surface area contributed by atoms with Crippen LogP contribution in [0.3, 0.4) is 0 Å². The van der Waals surface area contributed by atoms with Crippen molar-refractivity contribution in [2.24, 2.45) is 0 Å². The Kier molecular flexibility index (Phi) is 4.59. The number of benzene rings is 1. The Morgan fingerprint density at radius 2 is 1.39 bits per heavy atom. The molecule has 0 aliphatic rings. The van der Waals surface area contributed by atoms with Gasteiger partial charge in [0.15, 0.2) is 0 Å². The maximum Gasteiger partial charge on any atom is 0.463 e. The van der Waals surface area contributed by atoms with Gasteiger partial charge in [0.2, 0.25) is 0 Å². The Labute approximate surface area is 122 Å². The van der Waals surface area contributed by atoms with E-state index in [9.17, 15) is 40.8 Å². The number of anilines is 1. The van der Waals surface area contributed by atoms with Gasteiger partial charge in [0.25, 0.3) is 0 Å². The molecule has 0 heterocycles. The summed E-state index contributed by atoms with van der Waals surface area (Å²) in [5.74, 6) is -13.1. The Morgan fingerprint density at radius 1 is 0.913 bits per heavy atom. The summed E-state index contributed by atoms with van der Waals surface area (Å²) in [5.41, 5.74) is -3.30. The molecule has 1 aromatic rings. The van der Waals surface area contributed by atoms with Gasteiger partial charge in [-0.15, -0.1) is 5.12 Å². The number of alkyl halides is 5. The SMILES string of the molecule is O=C(O)c1ccc(N(F)C(=O)C(F)(F)C(F)(F)F)cc1C(=O)O. The molecule has 0 bridgehead atoms. The highest BCUT2D eigenvalue weighted by molar-refractivity contribution is 6.04. The second kappa shape index (κ2) is 5.78. The van der Waals surface area contributed by atoms with Gasteiger partial charge in [-0.25, -0.2) is 9.59 Å². The van der Waals surface area contributed by atoms with Gasteiger partial charge in [0.05, 0.1) is 16.8 Å². The number of carbonyl (C=O) groups excluding carboxylic acids is 1. The molecule has 0 aromatic heterocycles. The highest BCUT2D eigenvalue weighted by Gasteiger charge is 2.65. The summed E-state index contributed by atoms with van der Waals surface area (Å²) in [5, 5.41) is 15.8. The number of carboxylic acid groups (broad SMARTS) is 2. The monoisotopic (exact) mass is 345 g/mol. The van der Waals surface area contributed by atoms with E-state index in [0.717, 1.165) is 0 Å². The van der Waals surface area contributed by atoms with E-state index in [1.54, 1.807) is 0 Å². The number of halogens is 6. The molecule has 0 unspecified atom stereocenters. The minimum absolute atomic E-state index is 0.135. The third kappa shape index (κ3) is 3.35. The number of carboxylic acids is 2. The van der Waals surface area contributed by atoms with Gasteiger partial charge in [0, 0.05) is 0 Å². The van der Waals surface area contributed by atoms with Crippen LogP contribution < -0.4 is 5.12 Å². The lowest BCUT2D eigenvalue weighted by atomic mass is 10.1. The molecule has 0 atom stereocenters. The average Bonchev–Trinajstić information content (AvgIpc) is 2.43. The number of carbonyl (C=O) groups is 3. The smallest absolute Gasteiger partial charge is 0.463 e. The van der Waals surface area contributed by atoms with Crippen LogP contribution in [0.2, 0.25) is 0 Å². The largest absolute Gasteiger partial charge is 0.478 e. The van der Waals surface area contributed by atoms with Gasteiger partial charge in [-0.05, 0) is 18.2 Å². The van der Waals surface area contributed by atoms with Gasteiger partial charge in [0.1, 0.15) is 0 Å². The molecule has 23 heavy (non-hydrogen) atoms. The molecule has 0 radical (unpaired) electrons. The van der Waals surface area contributed by atoms with Crippen LogP contribution >= 0.6 is 0 Å². The summed E-state index contributed by atoms with van der Waals surface area (Å²) in [4.78, 5) is 32.5. The van der Waals surface area contributed by atoms with Crippen LogP contribution in [-0.4, -0.2) is 40.2 Å². The normalized spacial score (nSPS) is 11.9. The highest BCUT2D eigenvalue weighted by atomic mass is 19.4. The zero-order valence-electron chi connectivity index (χ0n) is 10.6. The van der Waals surface area contributed by atoms with Crippen LogP contribution in [-0.2, 0) is 4.79 Å². The van der Waals surface area contributed by atoms with Crippen molar-refractivity contribution in [1.82, 2.24) is 0 Å². The van der Waals surface area contributed by atoms with Crippen LogP contribution in [0.5, 0.6) is 0 Å². The molecule has 6 nitrogen and oxygen atoms in total. The molecule has 1 rings (SSSR count). The summed E-state index contributed by atoms with van der Waals surface area (Å²) in [6.07, 6.45) is -6.37. The van der Waals surface area contributed by atoms with E-state index >= 15 is 0 Å². The van der Waals surface area contributed by atoms with E-state index in [4.69, 9.17) is 10.2 Å². The first-order valence-electron chi connectivity index (χ1n) is 5.36. The molecule has 12 heteroatoms. The number of nitrogens with zero attached hydrogens (tertiary/aromatic N) is 1. The van der Waals surface area contributed by atoms with Crippen molar-refractivity contribution >= 4 is 23.5 Å². The van der Waals surface area contributed by atoms with Crippen LogP contribution in [0.15, 0.2) is 18.2 Å². The van der Waals surface area contributed by atoms with E-state index in [1.807, 2.05) is 0 Å². The summed E-state index contributed by atoms with van der Waals surface area (Å²) >= 11 is 0. The molecule has 0 saturated heterocycles. The van der Waals surface area contributed by atoms with Gasteiger partial charge < -0.3 is 10.2 Å². The zero-order valence-corrected chi connectivity index (χ0v) is 10.6. The average molecular weight is 345 g/mol. The molecule has 1 aromatic carbocycles. The molecule has 0 aliphatic carbocycles. The zero-order chi connectivity index (χ0) is 18.2. The molecule has 126 valence electrons. The van der Waals surface area contributed by atoms with Crippen LogP contribution in [0.1, 0.15) is 20.7 Å². The Morgan fingerprint density at radius 3 is 1.78 bits per heavy atom. The number of hydrogen-bond donors (Lipinski definition) is 2. The highest BCUT2D eigenvalue weighted by Crippen LogP contribution is 2.38. The van der Waals surface area contributed by atoms with E-state index in [1.165, 1.54) is 0 Å². The van der Waals surface area contributed by atoms with Gasteiger partial charge >= 0.3 is 29.9 Å². The fraction of sp³-hybridized carbons (Fsp3) is 0.182. The predicted octanol–water partition coefficient (Wildman–Crippen LogP) is 2.50. The van der Waals surface area contributed by atoms with Gasteiger partial charge in [-0.3, -0.25) is 4.79 Å². The lowest BCUT2D eigenvalue weighted by molar-refractivity contribution is -0.269. The number of aromatic carboxylic acids is 2. The van der Waals surface area contributed by atoms with Crippen molar-refractivity contribution < 1.29 is 51.0 Å².